The highest BCUT2D eigenvalue weighted by Crippen LogP contribution is 2.16. The highest BCUT2D eigenvalue weighted by molar-refractivity contribution is 9.10. The summed E-state index contributed by atoms with van der Waals surface area (Å²) in [4.78, 5) is 0. The van der Waals surface area contributed by atoms with Gasteiger partial charge in [0.05, 0.1) is 10.7 Å². The third kappa shape index (κ3) is 3.68. The second-order valence-electron chi connectivity index (χ2n) is 3.75. The molecular formula is C13H13BrFNO. The molecule has 90 valence electrons. The van der Waals surface area contributed by atoms with Crippen molar-refractivity contribution in [3.05, 3.63) is 58.2 Å². The van der Waals surface area contributed by atoms with Crippen molar-refractivity contribution in [2.45, 2.75) is 13.0 Å². The molecule has 2 nitrogen and oxygen atoms in total. The Morgan fingerprint density at radius 2 is 2.18 bits per heavy atom. The van der Waals surface area contributed by atoms with E-state index >= 15 is 0 Å². The van der Waals surface area contributed by atoms with Gasteiger partial charge in [0.15, 0.2) is 0 Å². The Kier molecular flexibility index (Phi) is 4.34. The van der Waals surface area contributed by atoms with Crippen molar-refractivity contribution in [2.24, 2.45) is 0 Å². The normalized spacial score (nSPS) is 10.7. The summed E-state index contributed by atoms with van der Waals surface area (Å²) in [5.74, 6) is 0.738. The Hall–Kier alpha value is -1.13. The molecule has 1 heterocycles. The monoisotopic (exact) mass is 297 g/mol. The summed E-state index contributed by atoms with van der Waals surface area (Å²) in [6, 6.07) is 8.87. The standard InChI is InChI=1S/C13H13BrFNO/c14-12-8-10(3-4-13(12)15)9-16-6-5-11-2-1-7-17-11/h1-4,7-8,16H,5-6,9H2. The van der Waals surface area contributed by atoms with Crippen LogP contribution in [-0.2, 0) is 13.0 Å². The van der Waals surface area contributed by atoms with Crippen LogP contribution in [0.15, 0.2) is 45.5 Å². The van der Waals surface area contributed by atoms with Gasteiger partial charge in [-0.3, -0.25) is 0 Å². The Morgan fingerprint density at radius 3 is 2.88 bits per heavy atom. The molecule has 1 aromatic carbocycles. The van der Waals surface area contributed by atoms with Gasteiger partial charge in [-0.2, -0.15) is 0 Å². The van der Waals surface area contributed by atoms with Crippen LogP contribution < -0.4 is 5.32 Å². The van der Waals surface area contributed by atoms with E-state index in [0.717, 1.165) is 30.8 Å². The van der Waals surface area contributed by atoms with Gasteiger partial charge in [0.1, 0.15) is 11.6 Å². The molecule has 2 aromatic rings. The van der Waals surface area contributed by atoms with Gasteiger partial charge in [0.2, 0.25) is 0 Å². The SMILES string of the molecule is Fc1ccc(CNCCc2ccco2)cc1Br. The zero-order chi connectivity index (χ0) is 12.1. The molecule has 0 aliphatic heterocycles. The van der Waals surface area contributed by atoms with Crippen LogP contribution >= 0.6 is 15.9 Å². The molecule has 0 saturated carbocycles. The average Bonchev–Trinajstić information content (AvgIpc) is 2.82. The summed E-state index contributed by atoms with van der Waals surface area (Å²) >= 11 is 3.17. The lowest BCUT2D eigenvalue weighted by Gasteiger charge is -2.04. The van der Waals surface area contributed by atoms with Gasteiger partial charge in [-0.1, -0.05) is 6.07 Å². The number of rotatable bonds is 5. The van der Waals surface area contributed by atoms with E-state index in [-0.39, 0.29) is 5.82 Å². The minimum absolute atomic E-state index is 0.232. The van der Waals surface area contributed by atoms with Crippen molar-refractivity contribution >= 4 is 15.9 Å². The third-order valence-electron chi connectivity index (χ3n) is 2.44. The molecule has 0 radical (unpaired) electrons. The van der Waals surface area contributed by atoms with Crippen LogP contribution in [0.2, 0.25) is 0 Å². The third-order valence-corrected chi connectivity index (χ3v) is 3.05. The molecule has 0 atom stereocenters. The minimum Gasteiger partial charge on any atom is -0.469 e. The number of furan rings is 1. The molecular weight excluding hydrogens is 285 g/mol. The van der Waals surface area contributed by atoms with Crippen LogP contribution in [0.1, 0.15) is 11.3 Å². The first kappa shape index (κ1) is 12.3. The first-order valence-electron chi connectivity index (χ1n) is 5.43. The minimum atomic E-state index is -0.232. The van der Waals surface area contributed by atoms with Crippen molar-refractivity contribution in [2.75, 3.05) is 6.54 Å². The van der Waals surface area contributed by atoms with E-state index in [9.17, 15) is 4.39 Å². The highest BCUT2D eigenvalue weighted by Gasteiger charge is 2.00. The lowest BCUT2D eigenvalue weighted by atomic mass is 10.2. The highest BCUT2D eigenvalue weighted by atomic mass is 79.9. The van der Waals surface area contributed by atoms with Crippen LogP contribution in [0.25, 0.3) is 0 Å². The molecule has 0 spiro atoms. The van der Waals surface area contributed by atoms with E-state index in [1.807, 2.05) is 12.1 Å². The molecule has 0 aliphatic carbocycles. The molecule has 0 aliphatic rings. The van der Waals surface area contributed by atoms with Crippen LogP contribution in [0.4, 0.5) is 4.39 Å². The summed E-state index contributed by atoms with van der Waals surface area (Å²) in [6.07, 6.45) is 2.53. The van der Waals surface area contributed by atoms with Crippen LogP contribution in [0, 0.1) is 5.82 Å². The lowest BCUT2D eigenvalue weighted by Crippen LogP contribution is -2.16. The summed E-state index contributed by atoms with van der Waals surface area (Å²) in [7, 11) is 0. The second kappa shape index (κ2) is 5.98. The Balaban J connectivity index is 1.76. The number of hydrogen-bond acceptors (Lipinski definition) is 2. The van der Waals surface area contributed by atoms with Gasteiger partial charge in [0.25, 0.3) is 0 Å². The van der Waals surface area contributed by atoms with E-state index in [1.165, 1.54) is 6.07 Å². The van der Waals surface area contributed by atoms with Gasteiger partial charge >= 0.3 is 0 Å². The quantitative estimate of drug-likeness (QED) is 0.855. The van der Waals surface area contributed by atoms with Gasteiger partial charge in [-0.15, -0.1) is 0 Å². The molecule has 1 aromatic heterocycles. The number of benzene rings is 1. The smallest absolute Gasteiger partial charge is 0.137 e. The van der Waals surface area contributed by atoms with Gasteiger partial charge < -0.3 is 9.73 Å². The molecule has 0 unspecified atom stereocenters. The molecule has 4 heteroatoms. The van der Waals surface area contributed by atoms with Gasteiger partial charge in [-0.05, 0) is 45.8 Å². The van der Waals surface area contributed by atoms with E-state index in [4.69, 9.17) is 4.42 Å². The van der Waals surface area contributed by atoms with Gasteiger partial charge in [-0.25, -0.2) is 4.39 Å². The Morgan fingerprint density at radius 1 is 1.29 bits per heavy atom. The summed E-state index contributed by atoms with van der Waals surface area (Å²) in [5.41, 5.74) is 1.05. The van der Waals surface area contributed by atoms with Crippen molar-refractivity contribution in [1.29, 1.82) is 0 Å². The first-order chi connectivity index (χ1) is 8.25. The molecule has 17 heavy (non-hydrogen) atoms. The molecule has 0 fully saturated rings. The second-order valence-corrected chi connectivity index (χ2v) is 4.61. The van der Waals surface area contributed by atoms with Crippen molar-refractivity contribution in [1.82, 2.24) is 5.32 Å². The zero-order valence-electron chi connectivity index (χ0n) is 9.25. The van der Waals surface area contributed by atoms with Crippen molar-refractivity contribution < 1.29 is 8.81 Å². The zero-order valence-corrected chi connectivity index (χ0v) is 10.8. The summed E-state index contributed by atoms with van der Waals surface area (Å²) in [5, 5.41) is 3.28. The molecule has 0 bridgehead atoms. The van der Waals surface area contributed by atoms with E-state index in [1.54, 1.807) is 18.4 Å². The first-order valence-corrected chi connectivity index (χ1v) is 6.22. The fourth-order valence-corrected chi connectivity index (χ4v) is 1.97. The maximum atomic E-state index is 13.0. The topological polar surface area (TPSA) is 25.2 Å². The van der Waals surface area contributed by atoms with Crippen molar-refractivity contribution in [3.8, 4) is 0 Å². The average molecular weight is 298 g/mol. The molecule has 2 rings (SSSR count). The van der Waals surface area contributed by atoms with Crippen LogP contribution in [0.5, 0.6) is 0 Å². The van der Waals surface area contributed by atoms with E-state index in [2.05, 4.69) is 21.2 Å². The van der Waals surface area contributed by atoms with Crippen LogP contribution in [-0.4, -0.2) is 6.54 Å². The Labute approximate surface area is 108 Å². The predicted octanol–water partition coefficient (Wildman–Crippen LogP) is 3.51. The number of hydrogen-bond donors (Lipinski definition) is 1. The maximum Gasteiger partial charge on any atom is 0.137 e. The largest absolute Gasteiger partial charge is 0.469 e. The van der Waals surface area contributed by atoms with Crippen molar-refractivity contribution in [3.63, 3.8) is 0 Å². The van der Waals surface area contributed by atoms with Crippen LogP contribution in [0.3, 0.4) is 0 Å². The number of halogens is 2. The fraction of sp³-hybridized carbons (Fsp3) is 0.231. The molecule has 1 N–H and O–H groups in total. The van der Waals surface area contributed by atoms with E-state index < -0.39 is 0 Å². The maximum absolute atomic E-state index is 13.0. The predicted molar refractivity (Wildman–Crippen MR) is 68.2 cm³/mol. The number of nitrogens with one attached hydrogen (secondary N) is 1. The lowest BCUT2D eigenvalue weighted by molar-refractivity contribution is 0.499. The Bertz CT molecular complexity index is 470. The summed E-state index contributed by atoms with van der Waals surface area (Å²) in [6.45, 7) is 1.56. The van der Waals surface area contributed by atoms with Gasteiger partial charge in [0, 0.05) is 19.5 Å². The fourth-order valence-electron chi connectivity index (χ4n) is 1.55. The summed E-state index contributed by atoms with van der Waals surface area (Å²) < 4.78 is 18.7. The molecule has 0 amide bonds. The van der Waals surface area contributed by atoms with E-state index in [0.29, 0.717) is 4.47 Å². The molecule has 0 saturated heterocycles.